The second kappa shape index (κ2) is 12.8. The average Bonchev–Trinajstić information content (AvgIpc) is 2.91. The Morgan fingerprint density at radius 3 is 2.11 bits per heavy atom. The summed E-state index contributed by atoms with van der Waals surface area (Å²) in [6.07, 6.45) is 1.50. The zero-order valence-corrected chi connectivity index (χ0v) is 20.7. The molecule has 0 saturated carbocycles. The van der Waals surface area contributed by atoms with Gasteiger partial charge in [-0.25, -0.2) is 5.43 Å². The first-order chi connectivity index (χ1) is 17.4. The molecule has 0 aliphatic heterocycles. The van der Waals surface area contributed by atoms with Crippen LogP contribution in [0, 0.1) is 6.92 Å². The highest BCUT2D eigenvalue weighted by atomic mass is 16.5. The van der Waals surface area contributed by atoms with Crippen LogP contribution in [-0.4, -0.2) is 45.9 Å². The minimum absolute atomic E-state index is 0.255. The first-order valence-corrected chi connectivity index (χ1v) is 11.1. The second-order valence-electron chi connectivity index (χ2n) is 7.73. The Kier molecular flexibility index (Phi) is 9.27. The molecule has 0 aromatic heterocycles. The minimum atomic E-state index is -0.481. The Morgan fingerprint density at radius 2 is 1.53 bits per heavy atom. The molecule has 0 spiro atoms. The van der Waals surface area contributed by atoms with E-state index in [4.69, 9.17) is 18.9 Å². The van der Waals surface area contributed by atoms with Gasteiger partial charge in [0.25, 0.3) is 11.8 Å². The van der Waals surface area contributed by atoms with Crippen molar-refractivity contribution in [1.82, 2.24) is 10.7 Å². The van der Waals surface area contributed by atoms with Crippen molar-refractivity contribution < 1.29 is 28.5 Å². The van der Waals surface area contributed by atoms with Crippen molar-refractivity contribution in [2.24, 2.45) is 5.10 Å². The van der Waals surface area contributed by atoms with Crippen molar-refractivity contribution in [2.75, 3.05) is 27.9 Å². The fraction of sp³-hybridized carbons (Fsp3) is 0.222. The summed E-state index contributed by atoms with van der Waals surface area (Å²) in [5, 5.41) is 6.46. The molecular formula is C27H29N3O6. The van der Waals surface area contributed by atoms with E-state index in [2.05, 4.69) is 15.8 Å². The first kappa shape index (κ1) is 26.1. The maximum atomic E-state index is 12.5. The van der Waals surface area contributed by atoms with Gasteiger partial charge in [-0.05, 0) is 54.4 Å². The van der Waals surface area contributed by atoms with Gasteiger partial charge in [0.05, 0.1) is 34.1 Å². The molecule has 0 bridgehead atoms. The van der Waals surface area contributed by atoms with Crippen LogP contribution < -0.4 is 29.7 Å². The third-order valence-corrected chi connectivity index (χ3v) is 5.15. The van der Waals surface area contributed by atoms with Gasteiger partial charge in [-0.1, -0.05) is 29.8 Å². The number of carbonyl (C=O) groups is 2. The second-order valence-corrected chi connectivity index (χ2v) is 7.73. The Balaban J connectivity index is 1.46. The van der Waals surface area contributed by atoms with Crippen LogP contribution in [0.3, 0.4) is 0 Å². The van der Waals surface area contributed by atoms with E-state index in [1.54, 1.807) is 0 Å². The van der Waals surface area contributed by atoms with E-state index in [0.29, 0.717) is 23.9 Å². The van der Waals surface area contributed by atoms with Crippen LogP contribution in [0.2, 0.25) is 0 Å². The first-order valence-electron chi connectivity index (χ1n) is 11.1. The lowest BCUT2D eigenvalue weighted by molar-refractivity contribution is -0.120. The van der Waals surface area contributed by atoms with Gasteiger partial charge in [-0.15, -0.1) is 0 Å². The number of ether oxygens (including phenoxy) is 4. The fourth-order valence-corrected chi connectivity index (χ4v) is 3.19. The van der Waals surface area contributed by atoms with Gasteiger partial charge < -0.3 is 24.3 Å². The van der Waals surface area contributed by atoms with E-state index in [-0.39, 0.29) is 12.1 Å². The summed E-state index contributed by atoms with van der Waals surface area (Å²) in [7, 11) is 4.38. The molecule has 3 aromatic carbocycles. The highest BCUT2D eigenvalue weighted by molar-refractivity contribution is 5.97. The van der Waals surface area contributed by atoms with E-state index in [1.165, 1.54) is 45.2 Å². The van der Waals surface area contributed by atoms with Gasteiger partial charge in [0, 0.05) is 5.56 Å². The average molecular weight is 492 g/mol. The molecule has 0 fully saturated rings. The van der Waals surface area contributed by atoms with E-state index in [1.807, 2.05) is 55.5 Å². The lowest BCUT2D eigenvalue weighted by Gasteiger charge is -2.14. The summed E-state index contributed by atoms with van der Waals surface area (Å²) >= 11 is 0. The zero-order valence-electron chi connectivity index (χ0n) is 20.7. The molecule has 3 aromatic rings. The molecule has 0 unspecified atom stereocenters. The number of nitrogens with one attached hydrogen (secondary N) is 2. The lowest BCUT2D eigenvalue weighted by Crippen LogP contribution is -2.34. The Hall–Kier alpha value is -4.53. The summed E-state index contributed by atoms with van der Waals surface area (Å²) in [4.78, 5) is 24.6. The van der Waals surface area contributed by atoms with E-state index in [0.717, 1.165) is 16.9 Å². The van der Waals surface area contributed by atoms with Gasteiger partial charge in [0.1, 0.15) is 12.4 Å². The van der Waals surface area contributed by atoms with E-state index >= 15 is 0 Å². The van der Waals surface area contributed by atoms with Crippen LogP contribution in [-0.2, 0) is 11.4 Å². The number of methoxy groups -OCH3 is 3. The maximum Gasteiger partial charge on any atom is 0.259 e. The van der Waals surface area contributed by atoms with Crippen molar-refractivity contribution in [2.45, 2.75) is 13.5 Å². The lowest BCUT2D eigenvalue weighted by atomic mass is 10.1. The number of hydrazone groups is 1. The maximum absolute atomic E-state index is 12.5. The van der Waals surface area contributed by atoms with E-state index in [9.17, 15) is 9.59 Å². The van der Waals surface area contributed by atoms with Gasteiger partial charge in [0.2, 0.25) is 5.75 Å². The SMILES string of the molecule is COc1cc(C(=O)NCC(=O)NN=Cc2ccc(OCc3ccc(C)cc3)cc2)cc(OC)c1OC. The third-order valence-electron chi connectivity index (χ3n) is 5.15. The standard InChI is InChI=1S/C27H29N3O6/c1-18-5-7-20(8-6-18)17-36-22-11-9-19(10-12-22)15-29-30-25(31)16-28-27(32)21-13-23(33-2)26(35-4)24(14-21)34-3/h5-15H,16-17H2,1-4H3,(H,28,32)(H,30,31). The summed E-state index contributed by atoms with van der Waals surface area (Å²) < 4.78 is 21.5. The van der Waals surface area contributed by atoms with Crippen molar-refractivity contribution in [1.29, 1.82) is 0 Å². The number of rotatable bonds is 11. The van der Waals surface area contributed by atoms with Gasteiger partial charge in [-0.3, -0.25) is 9.59 Å². The van der Waals surface area contributed by atoms with Crippen LogP contribution in [0.1, 0.15) is 27.0 Å². The molecule has 3 rings (SSSR count). The number of aryl methyl sites for hydroxylation is 1. The topological polar surface area (TPSA) is 107 Å². The fourth-order valence-electron chi connectivity index (χ4n) is 3.19. The van der Waals surface area contributed by atoms with Gasteiger partial charge in [-0.2, -0.15) is 5.10 Å². The highest BCUT2D eigenvalue weighted by Gasteiger charge is 2.17. The normalized spacial score (nSPS) is 10.6. The molecule has 188 valence electrons. The molecule has 0 saturated heterocycles. The number of carbonyl (C=O) groups excluding carboxylic acids is 2. The monoisotopic (exact) mass is 491 g/mol. The van der Waals surface area contributed by atoms with Crippen molar-refractivity contribution in [3.8, 4) is 23.0 Å². The van der Waals surface area contributed by atoms with Crippen LogP contribution in [0.25, 0.3) is 0 Å². The summed E-state index contributed by atoms with van der Waals surface area (Å²) in [5.74, 6) is 0.811. The van der Waals surface area contributed by atoms with Crippen LogP contribution in [0.4, 0.5) is 0 Å². The number of amides is 2. The number of hydrogen-bond acceptors (Lipinski definition) is 7. The third kappa shape index (κ3) is 7.23. The number of benzene rings is 3. The van der Waals surface area contributed by atoms with Crippen LogP contribution >= 0.6 is 0 Å². The molecule has 36 heavy (non-hydrogen) atoms. The number of hydrogen-bond donors (Lipinski definition) is 2. The predicted molar refractivity (Wildman–Crippen MR) is 136 cm³/mol. The Labute approximate surface area is 210 Å². The van der Waals surface area contributed by atoms with Crippen LogP contribution in [0.15, 0.2) is 65.8 Å². The molecule has 0 atom stereocenters. The highest BCUT2D eigenvalue weighted by Crippen LogP contribution is 2.38. The molecule has 0 heterocycles. The Bertz CT molecular complexity index is 1180. The van der Waals surface area contributed by atoms with Gasteiger partial charge >= 0.3 is 0 Å². The number of nitrogens with zero attached hydrogens (tertiary/aromatic N) is 1. The molecule has 9 heteroatoms. The smallest absolute Gasteiger partial charge is 0.259 e. The van der Waals surface area contributed by atoms with Crippen molar-refractivity contribution in [3.05, 3.63) is 82.9 Å². The molecular weight excluding hydrogens is 462 g/mol. The Morgan fingerprint density at radius 1 is 0.889 bits per heavy atom. The predicted octanol–water partition coefficient (Wildman–Crippen LogP) is 3.48. The molecule has 0 aliphatic rings. The molecule has 2 amide bonds. The summed E-state index contributed by atoms with van der Waals surface area (Å²) in [6, 6.07) is 18.5. The minimum Gasteiger partial charge on any atom is -0.493 e. The molecule has 9 nitrogen and oxygen atoms in total. The van der Waals surface area contributed by atoms with E-state index < -0.39 is 11.8 Å². The molecule has 2 N–H and O–H groups in total. The summed E-state index contributed by atoms with van der Waals surface area (Å²) in [5.41, 5.74) is 5.71. The zero-order chi connectivity index (χ0) is 25.9. The van der Waals surface area contributed by atoms with Crippen molar-refractivity contribution in [3.63, 3.8) is 0 Å². The largest absolute Gasteiger partial charge is 0.493 e. The van der Waals surface area contributed by atoms with Crippen molar-refractivity contribution >= 4 is 18.0 Å². The molecule has 0 radical (unpaired) electrons. The van der Waals surface area contributed by atoms with Crippen LogP contribution in [0.5, 0.6) is 23.0 Å². The molecule has 0 aliphatic carbocycles. The quantitative estimate of drug-likeness (QED) is 0.314. The van der Waals surface area contributed by atoms with Gasteiger partial charge in [0.15, 0.2) is 11.5 Å². The summed E-state index contributed by atoms with van der Waals surface area (Å²) in [6.45, 7) is 2.26.